The van der Waals surface area contributed by atoms with Gasteiger partial charge in [0.25, 0.3) is 0 Å². The van der Waals surface area contributed by atoms with E-state index in [1.165, 1.54) is 0 Å². The van der Waals surface area contributed by atoms with E-state index < -0.39 is 0 Å². The summed E-state index contributed by atoms with van der Waals surface area (Å²) >= 11 is 0. The molecule has 0 fully saturated rings. The van der Waals surface area contributed by atoms with Crippen molar-refractivity contribution in [3.8, 4) is 5.75 Å². The van der Waals surface area contributed by atoms with Crippen LogP contribution in [0.5, 0.6) is 5.75 Å². The van der Waals surface area contributed by atoms with Gasteiger partial charge < -0.3 is 15.4 Å². The van der Waals surface area contributed by atoms with Gasteiger partial charge in [0, 0.05) is 17.6 Å². The maximum absolute atomic E-state index is 11.7. The van der Waals surface area contributed by atoms with Crippen LogP contribution >= 0.6 is 0 Å². The first-order chi connectivity index (χ1) is 8.31. The van der Waals surface area contributed by atoms with Crippen LogP contribution in [0.4, 0.5) is 4.79 Å². The van der Waals surface area contributed by atoms with Crippen molar-refractivity contribution in [2.24, 2.45) is 0 Å². The number of benzene rings is 1. The number of rotatable bonds is 3. The van der Waals surface area contributed by atoms with E-state index in [4.69, 9.17) is 4.74 Å². The molecule has 4 heteroatoms. The van der Waals surface area contributed by atoms with E-state index in [-0.39, 0.29) is 11.6 Å². The first-order valence-corrected chi connectivity index (χ1v) is 6.01. The number of hydrogen-bond acceptors (Lipinski definition) is 2. The highest BCUT2D eigenvalue weighted by atomic mass is 16.5. The van der Waals surface area contributed by atoms with Crippen LogP contribution in [0, 0.1) is 6.92 Å². The van der Waals surface area contributed by atoms with Gasteiger partial charge >= 0.3 is 6.03 Å². The number of carbonyl (C=O) groups excluding carboxylic acids is 1. The lowest BCUT2D eigenvalue weighted by Gasteiger charge is -2.21. The first-order valence-electron chi connectivity index (χ1n) is 6.01. The Hall–Kier alpha value is -1.71. The average molecular weight is 250 g/mol. The number of urea groups is 1. The second-order valence-corrected chi connectivity index (χ2v) is 5.37. The number of aryl methyl sites for hydroxylation is 1. The monoisotopic (exact) mass is 250 g/mol. The topological polar surface area (TPSA) is 50.4 Å². The van der Waals surface area contributed by atoms with E-state index in [2.05, 4.69) is 10.6 Å². The lowest BCUT2D eigenvalue weighted by Crippen LogP contribution is -2.46. The number of hydrogen-bond donors (Lipinski definition) is 2. The van der Waals surface area contributed by atoms with Crippen molar-refractivity contribution < 1.29 is 9.53 Å². The minimum Gasteiger partial charge on any atom is -0.496 e. The molecule has 0 heterocycles. The molecule has 0 saturated heterocycles. The Kier molecular flexibility index (Phi) is 4.59. The van der Waals surface area contributed by atoms with Gasteiger partial charge in [-0.25, -0.2) is 4.79 Å². The van der Waals surface area contributed by atoms with Crippen LogP contribution in [0.2, 0.25) is 0 Å². The molecular weight excluding hydrogens is 228 g/mol. The van der Waals surface area contributed by atoms with Crippen LogP contribution < -0.4 is 15.4 Å². The Morgan fingerprint density at radius 1 is 1.33 bits per heavy atom. The molecule has 100 valence electrons. The molecule has 0 aliphatic carbocycles. The van der Waals surface area contributed by atoms with Gasteiger partial charge in [0.2, 0.25) is 0 Å². The summed E-state index contributed by atoms with van der Waals surface area (Å²) in [6.07, 6.45) is 0. The molecule has 1 rings (SSSR count). The van der Waals surface area contributed by atoms with Crippen molar-refractivity contribution in [2.45, 2.75) is 39.8 Å². The molecule has 0 aromatic heterocycles. The van der Waals surface area contributed by atoms with Crippen molar-refractivity contribution in [3.05, 3.63) is 29.3 Å². The number of nitrogens with one attached hydrogen (secondary N) is 2. The summed E-state index contributed by atoms with van der Waals surface area (Å²) in [6.45, 7) is 8.30. The normalized spacial score (nSPS) is 10.9. The molecule has 0 spiro atoms. The summed E-state index contributed by atoms with van der Waals surface area (Å²) in [6, 6.07) is 5.73. The predicted molar refractivity (Wildman–Crippen MR) is 72.9 cm³/mol. The quantitative estimate of drug-likeness (QED) is 0.866. The van der Waals surface area contributed by atoms with E-state index in [9.17, 15) is 4.79 Å². The fourth-order valence-electron chi connectivity index (χ4n) is 1.61. The highest BCUT2D eigenvalue weighted by Crippen LogP contribution is 2.19. The van der Waals surface area contributed by atoms with Crippen LogP contribution in [0.15, 0.2) is 18.2 Å². The zero-order chi connectivity index (χ0) is 13.8. The second-order valence-electron chi connectivity index (χ2n) is 5.37. The van der Waals surface area contributed by atoms with Crippen LogP contribution in [0.1, 0.15) is 31.9 Å². The maximum atomic E-state index is 11.7. The molecule has 0 radical (unpaired) electrons. The standard InChI is InChI=1S/C14H22N2O2/c1-10-6-7-12(18-5)11(8-10)9-15-13(17)16-14(2,3)4/h6-8H,9H2,1-5H3,(H2,15,16,17). The van der Waals surface area contributed by atoms with E-state index in [0.717, 1.165) is 16.9 Å². The number of ether oxygens (including phenoxy) is 1. The molecule has 0 saturated carbocycles. The molecule has 1 aromatic carbocycles. The lowest BCUT2D eigenvalue weighted by molar-refractivity contribution is 0.231. The number of amides is 2. The second kappa shape index (κ2) is 5.76. The van der Waals surface area contributed by atoms with Crippen LogP contribution in [-0.4, -0.2) is 18.7 Å². The Morgan fingerprint density at radius 3 is 2.56 bits per heavy atom. The summed E-state index contributed by atoms with van der Waals surface area (Å²) in [5.41, 5.74) is 1.88. The van der Waals surface area contributed by atoms with Gasteiger partial charge in [-0.3, -0.25) is 0 Å². The van der Waals surface area contributed by atoms with Crippen molar-refractivity contribution in [1.82, 2.24) is 10.6 Å². The van der Waals surface area contributed by atoms with Crippen LogP contribution in [0.3, 0.4) is 0 Å². The van der Waals surface area contributed by atoms with Gasteiger partial charge in [-0.2, -0.15) is 0 Å². The predicted octanol–water partition coefficient (Wildman–Crippen LogP) is 2.60. The fraction of sp³-hybridized carbons (Fsp3) is 0.500. The van der Waals surface area contributed by atoms with Crippen molar-refractivity contribution in [3.63, 3.8) is 0 Å². The van der Waals surface area contributed by atoms with Gasteiger partial charge in [0.15, 0.2) is 0 Å². The highest BCUT2D eigenvalue weighted by Gasteiger charge is 2.13. The van der Waals surface area contributed by atoms with Gasteiger partial charge in [0.1, 0.15) is 5.75 Å². The Bertz CT molecular complexity index is 422. The molecular formula is C14H22N2O2. The van der Waals surface area contributed by atoms with E-state index in [0.29, 0.717) is 6.54 Å². The molecule has 0 aliphatic rings. The number of carbonyl (C=O) groups is 1. The molecule has 0 atom stereocenters. The third-order valence-electron chi connectivity index (χ3n) is 2.36. The molecule has 0 unspecified atom stereocenters. The largest absolute Gasteiger partial charge is 0.496 e. The molecule has 18 heavy (non-hydrogen) atoms. The van der Waals surface area contributed by atoms with E-state index in [1.54, 1.807) is 7.11 Å². The minimum absolute atomic E-state index is 0.175. The van der Waals surface area contributed by atoms with Gasteiger partial charge in [0.05, 0.1) is 7.11 Å². The summed E-state index contributed by atoms with van der Waals surface area (Å²) in [4.78, 5) is 11.7. The van der Waals surface area contributed by atoms with Crippen LogP contribution in [-0.2, 0) is 6.54 Å². The van der Waals surface area contributed by atoms with Gasteiger partial charge in [-0.15, -0.1) is 0 Å². The Morgan fingerprint density at radius 2 is 2.00 bits per heavy atom. The van der Waals surface area contributed by atoms with Crippen molar-refractivity contribution in [2.75, 3.05) is 7.11 Å². The van der Waals surface area contributed by atoms with E-state index in [1.807, 2.05) is 45.9 Å². The molecule has 4 nitrogen and oxygen atoms in total. The fourth-order valence-corrected chi connectivity index (χ4v) is 1.61. The smallest absolute Gasteiger partial charge is 0.315 e. The third kappa shape index (κ3) is 4.65. The van der Waals surface area contributed by atoms with Crippen molar-refractivity contribution in [1.29, 1.82) is 0 Å². The van der Waals surface area contributed by atoms with Gasteiger partial charge in [-0.1, -0.05) is 17.7 Å². The zero-order valence-corrected chi connectivity index (χ0v) is 11.8. The molecule has 2 N–H and O–H groups in total. The molecule has 2 amide bonds. The lowest BCUT2D eigenvalue weighted by atomic mass is 10.1. The third-order valence-corrected chi connectivity index (χ3v) is 2.36. The summed E-state index contributed by atoms with van der Waals surface area (Å²) < 4.78 is 5.26. The molecule has 0 bridgehead atoms. The molecule has 0 aliphatic heterocycles. The SMILES string of the molecule is COc1ccc(C)cc1CNC(=O)NC(C)(C)C. The maximum Gasteiger partial charge on any atom is 0.315 e. The Labute approximate surface area is 109 Å². The van der Waals surface area contributed by atoms with E-state index >= 15 is 0 Å². The first kappa shape index (κ1) is 14.4. The summed E-state index contributed by atoms with van der Waals surface area (Å²) in [5, 5.41) is 5.68. The average Bonchev–Trinajstić information content (AvgIpc) is 2.24. The summed E-state index contributed by atoms with van der Waals surface area (Å²) in [5.74, 6) is 0.789. The van der Waals surface area contributed by atoms with Crippen LogP contribution in [0.25, 0.3) is 0 Å². The zero-order valence-electron chi connectivity index (χ0n) is 11.8. The molecule has 1 aromatic rings. The minimum atomic E-state index is -0.235. The summed E-state index contributed by atoms with van der Waals surface area (Å²) in [7, 11) is 1.63. The van der Waals surface area contributed by atoms with Gasteiger partial charge in [-0.05, 0) is 33.8 Å². The highest BCUT2D eigenvalue weighted by molar-refractivity contribution is 5.74. The Balaban J connectivity index is 2.63. The van der Waals surface area contributed by atoms with Crippen molar-refractivity contribution >= 4 is 6.03 Å². The number of methoxy groups -OCH3 is 1.